The molecule has 1 aliphatic rings. The molecule has 118 valence electrons. The maximum Gasteiger partial charge on any atom is 0.228 e. The van der Waals surface area contributed by atoms with Crippen LogP contribution in [0.2, 0.25) is 0 Å². The van der Waals surface area contributed by atoms with Crippen LogP contribution in [0.3, 0.4) is 0 Å². The fraction of sp³-hybridized carbons (Fsp3) is 0.444. The molecule has 0 bridgehead atoms. The van der Waals surface area contributed by atoms with Gasteiger partial charge in [0.25, 0.3) is 0 Å². The van der Waals surface area contributed by atoms with E-state index in [1.807, 2.05) is 24.3 Å². The van der Waals surface area contributed by atoms with Gasteiger partial charge in [-0.1, -0.05) is 39.0 Å². The zero-order valence-electron chi connectivity index (χ0n) is 13.5. The summed E-state index contributed by atoms with van der Waals surface area (Å²) in [7, 11) is 0. The molecule has 4 heteroatoms. The maximum absolute atomic E-state index is 12.1. The molecular weight excluding hydrogens is 276 g/mol. The summed E-state index contributed by atoms with van der Waals surface area (Å²) >= 11 is 0. The molecular formula is C18H24N2O2. The van der Waals surface area contributed by atoms with Gasteiger partial charge >= 0.3 is 0 Å². The molecule has 0 radical (unpaired) electrons. The molecule has 1 aliphatic carbocycles. The first-order valence-electron chi connectivity index (χ1n) is 7.63. The maximum atomic E-state index is 12.1. The van der Waals surface area contributed by atoms with Crippen LogP contribution in [-0.4, -0.2) is 18.4 Å². The molecule has 0 aliphatic heterocycles. The Bertz CT molecular complexity index is 570. The molecule has 0 saturated heterocycles. The van der Waals surface area contributed by atoms with Crippen molar-refractivity contribution in [2.24, 2.45) is 11.8 Å². The van der Waals surface area contributed by atoms with Crippen molar-refractivity contribution in [2.45, 2.75) is 32.6 Å². The Kier molecular flexibility index (Phi) is 4.69. The molecule has 2 unspecified atom stereocenters. The Morgan fingerprint density at radius 2 is 1.77 bits per heavy atom. The van der Waals surface area contributed by atoms with Crippen LogP contribution in [0.4, 0.5) is 5.69 Å². The normalized spacial score (nSPS) is 20.1. The Hall–Kier alpha value is -2.10. The Morgan fingerprint density at radius 3 is 2.32 bits per heavy atom. The van der Waals surface area contributed by atoms with Crippen molar-refractivity contribution >= 4 is 17.5 Å². The van der Waals surface area contributed by atoms with Crippen LogP contribution in [0.25, 0.3) is 0 Å². The zero-order chi connectivity index (χ0) is 16.3. The molecule has 1 aromatic rings. The van der Waals surface area contributed by atoms with Gasteiger partial charge < -0.3 is 10.6 Å². The standard InChI is InChI=1S/C18H24N2O2/c1-5-10-19-16(21)14-11-15(14)17(22)20-13-8-6-12(7-9-13)18(2,3)4/h5-9,14-15H,1,10-11H2,2-4H3,(H,19,21)(H,20,22). The second-order valence-corrected chi connectivity index (χ2v) is 6.80. The van der Waals surface area contributed by atoms with Crippen molar-refractivity contribution in [3.05, 3.63) is 42.5 Å². The number of rotatable bonds is 5. The SMILES string of the molecule is C=CCNC(=O)C1CC1C(=O)Nc1ccc(C(C)(C)C)cc1. The van der Waals surface area contributed by atoms with Crippen molar-refractivity contribution in [2.75, 3.05) is 11.9 Å². The summed E-state index contributed by atoms with van der Waals surface area (Å²) in [6.45, 7) is 10.4. The number of carbonyl (C=O) groups is 2. The van der Waals surface area contributed by atoms with Gasteiger partial charge in [0.05, 0.1) is 11.8 Å². The number of anilines is 1. The highest BCUT2D eigenvalue weighted by Crippen LogP contribution is 2.39. The van der Waals surface area contributed by atoms with Gasteiger partial charge in [-0.2, -0.15) is 0 Å². The van der Waals surface area contributed by atoms with E-state index in [2.05, 4.69) is 38.0 Å². The number of hydrogen-bond acceptors (Lipinski definition) is 2. The van der Waals surface area contributed by atoms with Crippen LogP contribution in [0.15, 0.2) is 36.9 Å². The van der Waals surface area contributed by atoms with Gasteiger partial charge in [-0.25, -0.2) is 0 Å². The van der Waals surface area contributed by atoms with Gasteiger partial charge in [-0.15, -0.1) is 6.58 Å². The topological polar surface area (TPSA) is 58.2 Å². The van der Waals surface area contributed by atoms with Gasteiger partial charge in [-0.05, 0) is 29.5 Å². The molecule has 0 aromatic heterocycles. The van der Waals surface area contributed by atoms with E-state index in [-0.39, 0.29) is 29.1 Å². The van der Waals surface area contributed by atoms with Gasteiger partial charge in [-0.3, -0.25) is 9.59 Å². The van der Waals surface area contributed by atoms with Crippen molar-refractivity contribution < 1.29 is 9.59 Å². The number of hydrogen-bond donors (Lipinski definition) is 2. The molecule has 1 fully saturated rings. The lowest BCUT2D eigenvalue weighted by atomic mass is 9.87. The minimum absolute atomic E-state index is 0.0665. The van der Waals surface area contributed by atoms with E-state index in [1.54, 1.807) is 6.08 Å². The summed E-state index contributed by atoms with van der Waals surface area (Å²) < 4.78 is 0. The highest BCUT2D eigenvalue weighted by molar-refractivity contribution is 5.99. The quantitative estimate of drug-likeness (QED) is 0.822. The summed E-state index contributed by atoms with van der Waals surface area (Å²) in [5.41, 5.74) is 2.08. The predicted molar refractivity (Wildman–Crippen MR) is 88.6 cm³/mol. The minimum Gasteiger partial charge on any atom is -0.352 e. The number of amides is 2. The van der Waals surface area contributed by atoms with E-state index < -0.39 is 0 Å². The van der Waals surface area contributed by atoms with E-state index in [9.17, 15) is 9.59 Å². The van der Waals surface area contributed by atoms with Crippen molar-refractivity contribution in [3.63, 3.8) is 0 Å². The van der Waals surface area contributed by atoms with Gasteiger partial charge in [0.15, 0.2) is 0 Å². The van der Waals surface area contributed by atoms with E-state index in [0.717, 1.165) is 5.69 Å². The van der Waals surface area contributed by atoms with Crippen LogP contribution >= 0.6 is 0 Å². The highest BCUT2D eigenvalue weighted by Gasteiger charge is 2.47. The second-order valence-electron chi connectivity index (χ2n) is 6.80. The minimum atomic E-state index is -0.216. The average Bonchev–Trinajstić information content (AvgIpc) is 3.25. The van der Waals surface area contributed by atoms with Gasteiger partial charge in [0.2, 0.25) is 11.8 Å². The second kappa shape index (κ2) is 6.34. The van der Waals surface area contributed by atoms with Crippen LogP contribution < -0.4 is 10.6 Å². The third-order valence-corrected chi connectivity index (χ3v) is 3.90. The van der Waals surface area contributed by atoms with Gasteiger partial charge in [0, 0.05) is 12.2 Å². The summed E-state index contributed by atoms with van der Waals surface area (Å²) in [6, 6.07) is 7.87. The predicted octanol–water partition coefficient (Wildman–Crippen LogP) is 2.86. The summed E-state index contributed by atoms with van der Waals surface area (Å²) in [6.07, 6.45) is 2.25. The number of benzene rings is 1. The lowest BCUT2D eigenvalue weighted by Crippen LogP contribution is -2.27. The Morgan fingerprint density at radius 1 is 1.18 bits per heavy atom. The molecule has 22 heavy (non-hydrogen) atoms. The average molecular weight is 300 g/mol. The zero-order valence-corrected chi connectivity index (χ0v) is 13.5. The molecule has 2 atom stereocenters. The van der Waals surface area contributed by atoms with Crippen LogP contribution in [-0.2, 0) is 15.0 Å². The summed E-state index contributed by atoms with van der Waals surface area (Å²) in [5.74, 6) is -0.564. The lowest BCUT2D eigenvalue weighted by molar-refractivity contribution is -0.125. The molecule has 4 nitrogen and oxygen atoms in total. The molecule has 2 N–H and O–H groups in total. The van der Waals surface area contributed by atoms with E-state index in [1.165, 1.54) is 5.56 Å². The molecule has 2 amide bonds. The fourth-order valence-corrected chi connectivity index (χ4v) is 2.37. The molecule has 1 saturated carbocycles. The first-order valence-corrected chi connectivity index (χ1v) is 7.63. The summed E-state index contributed by atoms with van der Waals surface area (Å²) in [5, 5.41) is 5.61. The molecule has 0 spiro atoms. The van der Waals surface area contributed by atoms with Crippen molar-refractivity contribution in [3.8, 4) is 0 Å². The lowest BCUT2D eigenvalue weighted by Gasteiger charge is -2.19. The van der Waals surface area contributed by atoms with Crippen LogP contribution in [0.5, 0.6) is 0 Å². The molecule has 0 heterocycles. The summed E-state index contributed by atoms with van der Waals surface area (Å²) in [4.78, 5) is 23.9. The number of nitrogens with one attached hydrogen (secondary N) is 2. The van der Waals surface area contributed by atoms with Crippen LogP contribution in [0, 0.1) is 11.8 Å². The first kappa shape index (κ1) is 16.3. The van der Waals surface area contributed by atoms with E-state index in [0.29, 0.717) is 13.0 Å². The van der Waals surface area contributed by atoms with E-state index >= 15 is 0 Å². The molecule has 1 aromatic carbocycles. The van der Waals surface area contributed by atoms with Gasteiger partial charge in [0.1, 0.15) is 0 Å². The highest BCUT2D eigenvalue weighted by atomic mass is 16.2. The van der Waals surface area contributed by atoms with E-state index in [4.69, 9.17) is 0 Å². The Balaban J connectivity index is 1.88. The van der Waals surface area contributed by atoms with Crippen LogP contribution in [0.1, 0.15) is 32.8 Å². The molecule has 2 rings (SSSR count). The van der Waals surface area contributed by atoms with Crippen molar-refractivity contribution in [1.82, 2.24) is 5.32 Å². The fourth-order valence-electron chi connectivity index (χ4n) is 2.37. The monoisotopic (exact) mass is 300 g/mol. The third kappa shape index (κ3) is 3.97. The largest absolute Gasteiger partial charge is 0.352 e. The van der Waals surface area contributed by atoms with Crippen molar-refractivity contribution in [1.29, 1.82) is 0 Å². The first-order chi connectivity index (χ1) is 10.3. The number of carbonyl (C=O) groups excluding carboxylic acids is 2. The smallest absolute Gasteiger partial charge is 0.228 e. The third-order valence-electron chi connectivity index (χ3n) is 3.90. The Labute approximate surface area is 132 Å².